The van der Waals surface area contributed by atoms with E-state index in [0.717, 1.165) is 16.4 Å². The molecular formula is C12H12N2O3S2. The number of thiophene rings is 1. The molecule has 0 fully saturated rings. The Balaban J connectivity index is 2.21. The number of hydrogen-bond acceptors (Lipinski definition) is 6. The summed E-state index contributed by atoms with van der Waals surface area (Å²) in [5.41, 5.74) is 0.330. The summed E-state index contributed by atoms with van der Waals surface area (Å²) in [5, 5.41) is 4.46. The third-order valence-electron chi connectivity index (χ3n) is 2.32. The fourth-order valence-electron chi connectivity index (χ4n) is 1.48. The molecule has 0 aliphatic carbocycles. The van der Waals surface area contributed by atoms with Crippen molar-refractivity contribution in [2.75, 3.05) is 11.9 Å². The number of anilines is 1. The Labute approximate surface area is 118 Å². The van der Waals surface area contributed by atoms with Crippen LogP contribution in [0.5, 0.6) is 0 Å². The molecule has 0 spiro atoms. The lowest BCUT2D eigenvalue weighted by atomic mass is 10.2. The number of aromatic nitrogens is 1. The lowest BCUT2D eigenvalue weighted by molar-refractivity contribution is 0.0527. The second kappa shape index (κ2) is 5.94. The van der Waals surface area contributed by atoms with Gasteiger partial charge in [0.15, 0.2) is 5.82 Å². The van der Waals surface area contributed by atoms with Gasteiger partial charge >= 0.3 is 5.97 Å². The Bertz CT molecular complexity index is 590. The van der Waals surface area contributed by atoms with E-state index in [-0.39, 0.29) is 18.3 Å². The minimum Gasteiger partial charge on any atom is -0.462 e. The fourth-order valence-corrected chi connectivity index (χ4v) is 2.73. The summed E-state index contributed by atoms with van der Waals surface area (Å²) in [5.74, 6) is -0.472. The quantitative estimate of drug-likeness (QED) is 0.881. The molecule has 0 aliphatic rings. The maximum Gasteiger partial charge on any atom is 0.343 e. The lowest BCUT2D eigenvalue weighted by Gasteiger charge is -2.04. The van der Waals surface area contributed by atoms with Gasteiger partial charge in [0.05, 0.1) is 11.5 Å². The number of carbonyl (C=O) groups excluding carboxylic acids is 2. The number of amides is 1. The normalized spacial score (nSPS) is 10.2. The molecule has 1 amide bonds. The molecule has 0 saturated carbocycles. The van der Waals surface area contributed by atoms with Crippen molar-refractivity contribution in [2.24, 2.45) is 0 Å². The Kier molecular flexibility index (Phi) is 4.28. The van der Waals surface area contributed by atoms with Crippen LogP contribution in [0.4, 0.5) is 5.82 Å². The predicted octanol–water partition coefficient (Wildman–Crippen LogP) is 2.94. The van der Waals surface area contributed by atoms with Crippen LogP contribution in [0.3, 0.4) is 0 Å². The topological polar surface area (TPSA) is 68.3 Å². The van der Waals surface area contributed by atoms with E-state index >= 15 is 0 Å². The number of ether oxygens (including phenoxy) is 1. The van der Waals surface area contributed by atoms with Crippen molar-refractivity contribution >= 4 is 40.6 Å². The molecule has 2 rings (SSSR count). The highest BCUT2D eigenvalue weighted by Gasteiger charge is 2.21. The average Bonchev–Trinajstić information content (AvgIpc) is 2.99. The molecule has 7 heteroatoms. The highest BCUT2D eigenvalue weighted by molar-refractivity contribution is 7.12. The Morgan fingerprint density at radius 2 is 2.26 bits per heavy atom. The van der Waals surface area contributed by atoms with Crippen LogP contribution in [0.2, 0.25) is 0 Å². The largest absolute Gasteiger partial charge is 0.462 e. The van der Waals surface area contributed by atoms with Gasteiger partial charge in [0.2, 0.25) is 0 Å². The molecule has 2 aromatic heterocycles. The monoisotopic (exact) mass is 296 g/mol. The standard InChI is InChI=1S/C12H12N2O3S2/c1-3-17-12(16)9-7(2)19-14-10(9)13-11(15)8-5-4-6-18-8/h4-6H,3H2,1-2H3,(H,13,14,15). The molecule has 0 aliphatic heterocycles. The van der Waals surface area contributed by atoms with E-state index in [9.17, 15) is 9.59 Å². The number of nitrogens with zero attached hydrogens (tertiary/aromatic N) is 1. The third-order valence-corrected chi connectivity index (χ3v) is 3.94. The molecule has 2 aromatic rings. The second-order valence-electron chi connectivity index (χ2n) is 3.61. The summed E-state index contributed by atoms with van der Waals surface area (Å²) >= 11 is 2.49. The van der Waals surface area contributed by atoms with Crippen LogP contribution in [0.1, 0.15) is 31.8 Å². The summed E-state index contributed by atoms with van der Waals surface area (Å²) in [6.45, 7) is 3.79. The molecule has 0 aromatic carbocycles. The lowest BCUT2D eigenvalue weighted by Crippen LogP contribution is -2.15. The van der Waals surface area contributed by atoms with Crippen molar-refractivity contribution in [3.63, 3.8) is 0 Å². The minimum atomic E-state index is -0.463. The highest BCUT2D eigenvalue weighted by Crippen LogP contribution is 2.24. The maximum atomic E-state index is 11.9. The van der Waals surface area contributed by atoms with Gasteiger partial charge in [-0.2, -0.15) is 4.37 Å². The van der Waals surface area contributed by atoms with Crippen LogP contribution < -0.4 is 5.32 Å². The molecule has 100 valence electrons. The minimum absolute atomic E-state index is 0.263. The van der Waals surface area contributed by atoms with Gasteiger partial charge in [-0.25, -0.2) is 4.79 Å². The summed E-state index contributed by atoms with van der Waals surface area (Å²) < 4.78 is 9.04. The SMILES string of the molecule is CCOC(=O)c1c(NC(=O)c2cccs2)nsc1C. The van der Waals surface area contributed by atoms with Gasteiger partial charge in [-0.05, 0) is 36.8 Å². The Hall–Kier alpha value is -1.73. The van der Waals surface area contributed by atoms with Gasteiger partial charge in [0, 0.05) is 4.88 Å². The van der Waals surface area contributed by atoms with Gasteiger partial charge in [0.1, 0.15) is 5.56 Å². The van der Waals surface area contributed by atoms with Crippen LogP contribution in [0.25, 0.3) is 0 Å². The number of carbonyl (C=O) groups is 2. The smallest absolute Gasteiger partial charge is 0.343 e. The van der Waals surface area contributed by atoms with E-state index in [1.165, 1.54) is 11.3 Å². The molecule has 0 radical (unpaired) electrons. The van der Waals surface area contributed by atoms with Crippen LogP contribution in [-0.4, -0.2) is 22.9 Å². The van der Waals surface area contributed by atoms with Crippen molar-refractivity contribution in [1.82, 2.24) is 4.37 Å². The zero-order chi connectivity index (χ0) is 13.8. The van der Waals surface area contributed by atoms with E-state index < -0.39 is 5.97 Å². The summed E-state index contributed by atoms with van der Waals surface area (Å²) in [7, 11) is 0. The number of aryl methyl sites for hydroxylation is 1. The molecule has 0 bridgehead atoms. The molecule has 0 saturated heterocycles. The second-order valence-corrected chi connectivity index (χ2v) is 5.54. The molecule has 2 heterocycles. The van der Waals surface area contributed by atoms with Crippen molar-refractivity contribution in [3.8, 4) is 0 Å². The number of rotatable bonds is 4. The summed E-state index contributed by atoms with van der Waals surface area (Å²) in [4.78, 5) is 25.0. The van der Waals surface area contributed by atoms with Crippen LogP contribution in [-0.2, 0) is 4.74 Å². The van der Waals surface area contributed by atoms with E-state index in [1.54, 1.807) is 26.0 Å². The fraction of sp³-hybridized carbons (Fsp3) is 0.250. The first-order valence-corrected chi connectivity index (χ1v) is 7.27. The zero-order valence-corrected chi connectivity index (χ0v) is 12.1. The van der Waals surface area contributed by atoms with Crippen molar-refractivity contribution < 1.29 is 14.3 Å². The van der Waals surface area contributed by atoms with Crippen LogP contribution in [0, 0.1) is 6.92 Å². The van der Waals surface area contributed by atoms with Crippen LogP contribution >= 0.6 is 22.9 Å². The highest BCUT2D eigenvalue weighted by atomic mass is 32.1. The van der Waals surface area contributed by atoms with E-state index in [0.29, 0.717) is 10.4 Å². The van der Waals surface area contributed by atoms with Crippen molar-refractivity contribution in [2.45, 2.75) is 13.8 Å². The first-order chi connectivity index (χ1) is 9.13. The summed E-state index contributed by atoms with van der Waals surface area (Å²) in [6.07, 6.45) is 0. The van der Waals surface area contributed by atoms with E-state index in [2.05, 4.69) is 9.69 Å². The predicted molar refractivity (Wildman–Crippen MR) is 75.1 cm³/mol. The zero-order valence-electron chi connectivity index (χ0n) is 10.4. The van der Waals surface area contributed by atoms with Gasteiger partial charge < -0.3 is 10.1 Å². The molecular weight excluding hydrogens is 284 g/mol. The first kappa shape index (κ1) is 13.7. The van der Waals surface area contributed by atoms with Gasteiger partial charge in [-0.15, -0.1) is 11.3 Å². The van der Waals surface area contributed by atoms with E-state index in [1.807, 2.05) is 5.38 Å². The summed E-state index contributed by atoms with van der Waals surface area (Å²) in [6, 6.07) is 3.50. The number of nitrogens with one attached hydrogen (secondary N) is 1. The Morgan fingerprint density at radius 3 is 2.89 bits per heavy atom. The van der Waals surface area contributed by atoms with Gasteiger partial charge in [-0.3, -0.25) is 4.79 Å². The molecule has 0 atom stereocenters. The first-order valence-electron chi connectivity index (χ1n) is 5.61. The molecule has 5 nitrogen and oxygen atoms in total. The molecule has 19 heavy (non-hydrogen) atoms. The van der Waals surface area contributed by atoms with Crippen LogP contribution in [0.15, 0.2) is 17.5 Å². The number of esters is 1. The van der Waals surface area contributed by atoms with Gasteiger partial charge in [-0.1, -0.05) is 6.07 Å². The van der Waals surface area contributed by atoms with E-state index in [4.69, 9.17) is 4.74 Å². The van der Waals surface area contributed by atoms with Crippen molar-refractivity contribution in [1.29, 1.82) is 0 Å². The average molecular weight is 296 g/mol. The maximum absolute atomic E-state index is 11.9. The third kappa shape index (κ3) is 2.99. The number of hydrogen-bond donors (Lipinski definition) is 1. The Morgan fingerprint density at radius 1 is 1.47 bits per heavy atom. The van der Waals surface area contributed by atoms with Crippen molar-refractivity contribution in [3.05, 3.63) is 32.8 Å². The molecule has 0 unspecified atom stereocenters. The molecule has 1 N–H and O–H groups in total. The van der Waals surface area contributed by atoms with Gasteiger partial charge in [0.25, 0.3) is 5.91 Å².